The predicted octanol–water partition coefficient (Wildman–Crippen LogP) is 2.57. The average molecular weight is 379 g/mol. The van der Waals surface area contributed by atoms with Crippen LogP contribution in [0.15, 0.2) is 60.7 Å². The van der Waals surface area contributed by atoms with Crippen molar-refractivity contribution in [1.29, 1.82) is 0 Å². The lowest BCUT2D eigenvalue weighted by atomic mass is 10.0. The van der Waals surface area contributed by atoms with E-state index in [1.807, 2.05) is 70.5 Å². The quantitative estimate of drug-likeness (QED) is 0.784. The lowest BCUT2D eigenvalue weighted by Gasteiger charge is -2.29. The molecule has 0 radical (unpaired) electrons. The average Bonchev–Trinajstić information content (AvgIpc) is 3.08. The Morgan fingerprint density at radius 3 is 2.54 bits per heavy atom. The second-order valence-corrected chi connectivity index (χ2v) is 7.26. The molecule has 2 aliphatic heterocycles. The van der Waals surface area contributed by atoms with Crippen molar-refractivity contribution in [3.8, 4) is 0 Å². The summed E-state index contributed by atoms with van der Waals surface area (Å²) in [5, 5.41) is 3.34. The fourth-order valence-electron chi connectivity index (χ4n) is 3.94. The number of carbonyl (C=O) groups excluding carboxylic acids is 2. The van der Waals surface area contributed by atoms with Gasteiger partial charge in [0, 0.05) is 26.2 Å². The van der Waals surface area contributed by atoms with Gasteiger partial charge in [0.2, 0.25) is 0 Å². The number of nitrogens with one attached hydrogen (secondary N) is 1. The summed E-state index contributed by atoms with van der Waals surface area (Å²) < 4.78 is 5.49. The van der Waals surface area contributed by atoms with E-state index in [0.717, 1.165) is 24.2 Å². The van der Waals surface area contributed by atoms with Gasteiger partial charge in [-0.2, -0.15) is 0 Å². The van der Waals surface area contributed by atoms with Gasteiger partial charge in [0.1, 0.15) is 6.61 Å². The summed E-state index contributed by atoms with van der Waals surface area (Å²) in [5.74, 6) is -0.298. The maximum absolute atomic E-state index is 13.0. The van der Waals surface area contributed by atoms with Crippen molar-refractivity contribution >= 4 is 12.0 Å². The zero-order valence-electron chi connectivity index (χ0n) is 15.8. The topological polar surface area (TPSA) is 61.9 Å². The second-order valence-electron chi connectivity index (χ2n) is 7.26. The minimum atomic E-state index is -0.317. The van der Waals surface area contributed by atoms with Crippen LogP contribution in [0.1, 0.15) is 23.6 Å². The number of fused-ring (bicyclic) bond motifs is 1. The highest BCUT2D eigenvalue weighted by atomic mass is 16.5. The maximum Gasteiger partial charge on any atom is 0.321 e. The molecule has 0 spiro atoms. The molecule has 4 rings (SSSR count). The summed E-state index contributed by atoms with van der Waals surface area (Å²) in [4.78, 5) is 29.3. The first-order valence-electron chi connectivity index (χ1n) is 9.75. The number of urea groups is 1. The SMILES string of the molecule is O=C(CC(c1ccccc1)N1CC2CNCCN2C1=O)OCc1ccccc1. The van der Waals surface area contributed by atoms with Crippen LogP contribution in [0.25, 0.3) is 0 Å². The third kappa shape index (κ3) is 4.02. The lowest BCUT2D eigenvalue weighted by Crippen LogP contribution is -2.49. The highest BCUT2D eigenvalue weighted by molar-refractivity contribution is 5.79. The first kappa shape index (κ1) is 18.5. The van der Waals surface area contributed by atoms with Gasteiger partial charge in [0.05, 0.1) is 18.5 Å². The van der Waals surface area contributed by atoms with E-state index in [1.165, 1.54) is 0 Å². The molecule has 0 aliphatic carbocycles. The summed E-state index contributed by atoms with van der Waals surface area (Å²) >= 11 is 0. The number of hydrogen-bond acceptors (Lipinski definition) is 4. The molecule has 2 aromatic rings. The molecule has 2 heterocycles. The van der Waals surface area contributed by atoms with Crippen LogP contribution in [0, 0.1) is 0 Å². The molecule has 2 amide bonds. The third-order valence-corrected chi connectivity index (χ3v) is 5.41. The van der Waals surface area contributed by atoms with Crippen LogP contribution < -0.4 is 5.32 Å². The van der Waals surface area contributed by atoms with Gasteiger partial charge in [-0.05, 0) is 11.1 Å². The van der Waals surface area contributed by atoms with Gasteiger partial charge in [-0.1, -0.05) is 60.7 Å². The Labute approximate surface area is 165 Å². The summed E-state index contributed by atoms with van der Waals surface area (Å²) in [6, 6.07) is 19.2. The van der Waals surface area contributed by atoms with Crippen LogP contribution in [0.4, 0.5) is 4.79 Å². The highest BCUT2D eigenvalue weighted by Crippen LogP contribution is 2.31. The Morgan fingerprint density at radius 1 is 1.11 bits per heavy atom. The monoisotopic (exact) mass is 379 g/mol. The molecule has 146 valence electrons. The molecule has 2 fully saturated rings. The zero-order chi connectivity index (χ0) is 19.3. The molecule has 2 atom stereocenters. The van der Waals surface area contributed by atoms with Gasteiger partial charge < -0.3 is 19.9 Å². The fourth-order valence-corrected chi connectivity index (χ4v) is 3.94. The van der Waals surface area contributed by atoms with Crippen molar-refractivity contribution in [2.75, 3.05) is 26.2 Å². The predicted molar refractivity (Wildman–Crippen MR) is 106 cm³/mol. The fraction of sp³-hybridized carbons (Fsp3) is 0.364. The zero-order valence-corrected chi connectivity index (χ0v) is 15.8. The molecule has 6 heteroatoms. The highest BCUT2D eigenvalue weighted by Gasteiger charge is 2.42. The van der Waals surface area contributed by atoms with Gasteiger partial charge >= 0.3 is 12.0 Å². The normalized spacial score (nSPS) is 20.0. The Morgan fingerprint density at radius 2 is 1.82 bits per heavy atom. The molecule has 1 N–H and O–H groups in total. The van der Waals surface area contributed by atoms with Crippen LogP contribution in [0.5, 0.6) is 0 Å². The minimum Gasteiger partial charge on any atom is -0.461 e. The van der Waals surface area contributed by atoms with Crippen molar-refractivity contribution in [2.45, 2.75) is 25.1 Å². The summed E-state index contributed by atoms with van der Waals surface area (Å²) in [5.41, 5.74) is 1.91. The summed E-state index contributed by atoms with van der Waals surface area (Å²) in [7, 11) is 0. The van der Waals surface area contributed by atoms with Gasteiger partial charge in [0.15, 0.2) is 0 Å². The number of esters is 1. The number of amides is 2. The number of rotatable bonds is 6. The molecule has 2 aromatic carbocycles. The standard InChI is InChI=1S/C22H25N3O3/c26-21(28-16-17-7-3-1-4-8-17)13-20(18-9-5-2-6-10-18)25-15-19-14-23-11-12-24(19)22(25)27/h1-10,19-20,23H,11-16H2. The van der Waals surface area contributed by atoms with E-state index in [2.05, 4.69) is 5.32 Å². The van der Waals surface area contributed by atoms with E-state index in [9.17, 15) is 9.59 Å². The van der Waals surface area contributed by atoms with Crippen LogP contribution in [-0.4, -0.2) is 54.0 Å². The molecular formula is C22H25N3O3. The molecule has 6 nitrogen and oxygen atoms in total. The van der Waals surface area contributed by atoms with E-state index in [1.54, 1.807) is 0 Å². The van der Waals surface area contributed by atoms with Gasteiger partial charge in [-0.3, -0.25) is 4.79 Å². The van der Waals surface area contributed by atoms with Crippen molar-refractivity contribution in [2.24, 2.45) is 0 Å². The molecule has 0 aromatic heterocycles. The molecule has 2 aliphatic rings. The smallest absolute Gasteiger partial charge is 0.321 e. The van der Waals surface area contributed by atoms with Crippen LogP contribution in [0.3, 0.4) is 0 Å². The van der Waals surface area contributed by atoms with Gasteiger partial charge in [-0.25, -0.2) is 4.79 Å². The summed E-state index contributed by atoms with van der Waals surface area (Å²) in [6.45, 7) is 3.18. The number of benzene rings is 2. The maximum atomic E-state index is 13.0. The van der Waals surface area contributed by atoms with Crippen molar-refractivity contribution in [3.63, 3.8) is 0 Å². The van der Waals surface area contributed by atoms with Crippen molar-refractivity contribution in [1.82, 2.24) is 15.1 Å². The van der Waals surface area contributed by atoms with E-state index < -0.39 is 0 Å². The van der Waals surface area contributed by atoms with Crippen LogP contribution in [-0.2, 0) is 16.1 Å². The largest absolute Gasteiger partial charge is 0.461 e. The van der Waals surface area contributed by atoms with Crippen LogP contribution >= 0.6 is 0 Å². The first-order chi connectivity index (χ1) is 13.7. The molecule has 0 bridgehead atoms. The Bertz CT molecular complexity index is 812. The number of piperazine rings is 1. The minimum absolute atomic E-state index is 0.0104. The summed E-state index contributed by atoms with van der Waals surface area (Å²) in [6.07, 6.45) is 0.149. The Kier molecular flexibility index (Phi) is 5.58. The van der Waals surface area contributed by atoms with E-state index in [4.69, 9.17) is 4.74 Å². The number of ether oxygens (including phenoxy) is 1. The molecule has 0 saturated carbocycles. The third-order valence-electron chi connectivity index (χ3n) is 5.41. The van der Waals surface area contributed by atoms with Crippen molar-refractivity contribution in [3.05, 3.63) is 71.8 Å². The van der Waals surface area contributed by atoms with E-state index >= 15 is 0 Å². The van der Waals surface area contributed by atoms with Crippen LogP contribution in [0.2, 0.25) is 0 Å². The Hall–Kier alpha value is -2.86. The molecule has 28 heavy (non-hydrogen) atoms. The first-order valence-corrected chi connectivity index (χ1v) is 9.75. The number of hydrogen-bond donors (Lipinski definition) is 1. The number of carbonyl (C=O) groups is 2. The molecule has 2 unspecified atom stereocenters. The lowest BCUT2D eigenvalue weighted by molar-refractivity contribution is -0.146. The van der Waals surface area contributed by atoms with Gasteiger partial charge in [0.25, 0.3) is 0 Å². The second kappa shape index (κ2) is 8.44. The number of nitrogens with zero attached hydrogens (tertiary/aromatic N) is 2. The molecular weight excluding hydrogens is 354 g/mol. The van der Waals surface area contributed by atoms with E-state index in [0.29, 0.717) is 13.1 Å². The van der Waals surface area contributed by atoms with E-state index in [-0.39, 0.29) is 37.1 Å². The van der Waals surface area contributed by atoms with Crippen molar-refractivity contribution < 1.29 is 14.3 Å². The van der Waals surface area contributed by atoms with Gasteiger partial charge in [-0.15, -0.1) is 0 Å². The molecule has 2 saturated heterocycles. The Balaban J connectivity index is 1.48.